The van der Waals surface area contributed by atoms with Gasteiger partial charge in [-0.15, -0.1) is 0 Å². The van der Waals surface area contributed by atoms with Crippen molar-refractivity contribution in [3.05, 3.63) is 0 Å². The van der Waals surface area contributed by atoms with E-state index in [9.17, 15) is 26.7 Å². The summed E-state index contributed by atoms with van der Waals surface area (Å²) in [6.45, 7) is -0.156. The molecule has 0 saturated carbocycles. The van der Waals surface area contributed by atoms with E-state index in [2.05, 4.69) is 0 Å². The molecular weight excluding hydrogens is 221 g/mol. The van der Waals surface area contributed by atoms with Crippen molar-refractivity contribution in [1.29, 1.82) is 0 Å². The first-order valence-electron chi connectivity index (χ1n) is 4.38. The molecule has 0 aromatic rings. The number of carbonyl (C=O) groups is 1. The molecule has 1 saturated heterocycles. The molecule has 0 aromatic carbocycles. The molecule has 1 aliphatic heterocycles. The Morgan fingerprint density at radius 2 is 1.93 bits per heavy atom. The van der Waals surface area contributed by atoms with Gasteiger partial charge < -0.3 is 4.90 Å². The number of piperidine rings is 1. The van der Waals surface area contributed by atoms with Crippen molar-refractivity contribution in [2.24, 2.45) is 5.92 Å². The maximum atomic E-state index is 13.0. The van der Waals surface area contributed by atoms with Crippen LogP contribution in [0.3, 0.4) is 0 Å². The van der Waals surface area contributed by atoms with Gasteiger partial charge in [-0.05, 0) is 6.42 Å². The average Bonchev–Trinajstić information content (AvgIpc) is 2.07. The third kappa shape index (κ3) is 2.57. The molecule has 0 radical (unpaired) electrons. The van der Waals surface area contributed by atoms with E-state index in [4.69, 9.17) is 0 Å². The molecule has 1 fully saturated rings. The zero-order valence-electron chi connectivity index (χ0n) is 7.94. The fraction of sp³-hybridized carbons (Fsp3) is 0.875. The van der Waals surface area contributed by atoms with Crippen LogP contribution in [-0.4, -0.2) is 36.0 Å². The number of halogens is 5. The summed E-state index contributed by atoms with van der Waals surface area (Å²) >= 11 is 0. The summed E-state index contributed by atoms with van der Waals surface area (Å²) in [7, 11) is 0. The molecule has 15 heavy (non-hydrogen) atoms. The highest BCUT2D eigenvalue weighted by atomic mass is 19.4. The monoisotopic (exact) mass is 231 g/mol. The Balaban J connectivity index is 2.72. The molecule has 0 bridgehead atoms. The second kappa shape index (κ2) is 3.61. The molecule has 1 heterocycles. The summed E-state index contributed by atoms with van der Waals surface area (Å²) in [4.78, 5) is 10.8. The van der Waals surface area contributed by atoms with E-state index in [1.54, 1.807) is 0 Å². The standard InChI is InChI=1S/C8H10F5NO/c1-5-2-3-14(4-7(5,9)10)6(15)8(11,12)13/h5H,2-4H2,1H3. The number of alkyl halides is 5. The minimum atomic E-state index is -5.07. The SMILES string of the molecule is CC1CCN(C(=O)C(F)(F)F)CC1(F)F. The number of nitrogens with zero attached hydrogens (tertiary/aromatic N) is 1. The Labute approximate surface area is 83.0 Å². The van der Waals surface area contributed by atoms with E-state index in [-0.39, 0.29) is 17.9 Å². The van der Waals surface area contributed by atoms with E-state index in [1.807, 2.05) is 0 Å². The fourth-order valence-corrected chi connectivity index (χ4v) is 1.40. The first kappa shape index (κ1) is 12.2. The summed E-state index contributed by atoms with van der Waals surface area (Å²) in [5, 5.41) is 0. The van der Waals surface area contributed by atoms with Crippen LogP contribution in [0.4, 0.5) is 22.0 Å². The Morgan fingerprint density at radius 3 is 2.33 bits per heavy atom. The summed E-state index contributed by atoms with van der Waals surface area (Å²) < 4.78 is 61.9. The Hall–Kier alpha value is -0.880. The van der Waals surface area contributed by atoms with Crippen LogP contribution < -0.4 is 0 Å². The highest BCUT2D eigenvalue weighted by Gasteiger charge is 2.49. The van der Waals surface area contributed by atoms with Crippen LogP contribution in [0.15, 0.2) is 0 Å². The molecule has 1 atom stereocenters. The molecule has 1 aliphatic rings. The number of hydrogen-bond acceptors (Lipinski definition) is 1. The third-order valence-electron chi connectivity index (χ3n) is 2.48. The average molecular weight is 231 g/mol. The van der Waals surface area contributed by atoms with Gasteiger partial charge in [-0.3, -0.25) is 4.79 Å². The van der Waals surface area contributed by atoms with Gasteiger partial charge in [0.1, 0.15) is 0 Å². The van der Waals surface area contributed by atoms with Gasteiger partial charge >= 0.3 is 12.1 Å². The number of hydrogen-bond donors (Lipinski definition) is 0. The molecule has 1 rings (SSSR count). The van der Waals surface area contributed by atoms with Crippen molar-refractivity contribution in [3.8, 4) is 0 Å². The lowest BCUT2D eigenvalue weighted by molar-refractivity contribution is -0.195. The first-order chi connectivity index (χ1) is 6.64. The van der Waals surface area contributed by atoms with Gasteiger partial charge in [-0.25, -0.2) is 8.78 Å². The van der Waals surface area contributed by atoms with Crippen molar-refractivity contribution >= 4 is 5.91 Å². The maximum absolute atomic E-state index is 13.0. The van der Waals surface area contributed by atoms with Crippen LogP contribution >= 0.6 is 0 Å². The van der Waals surface area contributed by atoms with Crippen molar-refractivity contribution in [3.63, 3.8) is 0 Å². The van der Waals surface area contributed by atoms with Gasteiger partial charge in [0, 0.05) is 12.5 Å². The van der Waals surface area contributed by atoms with Gasteiger partial charge in [0.2, 0.25) is 0 Å². The number of rotatable bonds is 0. The second-order valence-electron chi connectivity index (χ2n) is 3.68. The molecule has 0 aromatic heterocycles. The molecule has 0 aliphatic carbocycles. The highest BCUT2D eigenvalue weighted by molar-refractivity contribution is 5.82. The van der Waals surface area contributed by atoms with Crippen LogP contribution in [0.25, 0.3) is 0 Å². The van der Waals surface area contributed by atoms with Crippen LogP contribution in [0.5, 0.6) is 0 Å². The minimum absolute atomic E-state index is 0.116. The van der Waals surface area contributed by atoms with E-state index >= 15 is 0 Å². The Morgan fingerprint density at radius 1 is 1.40 bits per heavy atom. The Bertz CT molecular complexity index is 262. The fourth-order valence-electron chi connectivity index (χ4n) is 1.40. The molecule has 1 amide bonds. The summed E-state index contributed by atoms with van der Waals surface area (Å²) in [6, 6.07) is 0. The molecule has 0 N–H and O–H groups in total. The lowest BCUT2D eigenvalue weighted by atomic mass is 9.95. The molecule has 7 heteroatoms. The molecule has 88 valence electrons. The molecule has 2 nitrogen and oxygen atoms in total. The van der Waals surface area contributed by atoms with Crippen LogP contribution in [0.2, 0.25) is 0 Å². The summed E-state index contributed by atoms with van der Waals surface area (Å²) in [5.74, 6) is -6.41. The third-order valence-corrected chi connectivity index (χ3v) is 2.48. The lowest BCUT2D eigenvalue weighted by Gasteiger charge is -2.36. The van der Waals surface area contributed by atoms with Gasteiger partial charge in [-0.1, -0.05) is 6.92 Å². The van der Waals surface area contributed by atoms with Crippen LogP contribution in [0, 0.1) is 5.92 Å². The smallest absolute Gasteiger partial charge is 0.329 e. The number of carbonyl (C=O) groups excluding carboxylic acids is 1. The quantitative estimate of drug-likeness (QED) is 0.584. The summed E-state index contributed by atoms with van der Waals surface area (Å²) in [6.07, 6.45) is -5.19. The zero-order chi connectivity index (χ0) is 11.9. The molecule has 1 unspecified atom stereocenters. The maximum Gasteiger partial charge on any atom is 0.471 e. The van der Waals surface area contributed by atoms with Crippen molar-refractivity contribution in [1.82, 2.24) is 4.90 Å². The van der Waals surface area contributed by atoms with Crippen LogP contribution in [-0.2, 0) is 4.79 Å². The topological polar surface area (TPSA) is 20.3 Å². The van der Waals surface area contributed by atoms with Gasteiger partial charge in [0.25, 0.3) is 5.92 Å². The van der Waals surface area contributed by atoms with E-state index in [1.165, 1.54) is 6.92 Å². The van der Waals surface area contributed by atoms with Gasteiger partial charge in [0.05, 0.1) is 6.54 Å². The minimum Gasteiger partial charge on any atom is -0.329 e. The predicted octanol–water partition coefficient (Wildman–Crippen LogP) is 2.05. The number of likely N-dealkylation sites (tertiary alicyclic amines) is 1. The summed E-state index contributed by atoms with van der Waals surface area (Å²) in [5.41, 5.74) is 0. The lowest BCUT2D eigenvalue weighted by Crippen LogP contribution is -2.53. The predicted molar refractivity (Wildman–Crippen MR) is 41.4 cm³/mol. The van der Waals surface area contributed by atoms with Crippen molar-refractivity contribution in [2.75, 3.05) is 13.1 Å². The highest BCUT2D eigenvalue weighted by Crippen LogP contribution is 2.33. The van der Waals surface area contributed by atoms with Crippen molar-refractivity contribution < 1.29 is 26.7 Å². The van der Waals surface area contributed by atoms with Gasteiger partial charge in [-0.2, -0.15) is 13.2 Å². The van der Waals surface area contributed by atoms with E-state index in [0.29, 0.717) is 0 Å². The number of amides is 1. The molecular formula is C8H10F5NO. The van der Waals surface area contributed by atoms with E-state index < -0.39 is 30.5 Å². The normalized spacial score (nSPS) is 26.5. The van der Waals surface area contributed by atoms with Crippen molar-refractivity contribution in [2.45, 2.75) is 25.4 Å². The largest absolute Gasteiger partial charge is 0.471 e. The second-order valence-corrected chi connectivity index (χ2v) is 3.68. The zero-order valence-corrected chi connectivity index (χ0v) is 7.94. The molecule has 0 spiro atoms. The van der Waals surface area contributed by atoms with Gasteiger partial charge in [0.15, 0.2) is 0 Å². The van der Waals surface area contributed by atoms with E-state index in [0.717, 1.165) is 0 Å². The van der Waals surface area contributed by atoms with Crippen LogP contribution in [0.1, 0.15) is 13.3 Å². The first-order valence-corrected chi connectivity index (χ1v) is 4.38. The Kier molecular flexibility index (Phi) is 2.93.